The minimum atomic E-state index is 0.794. The Morgan fingerprint density at radius 2 is 1.12 bits per heavy atom. The Hall–Kier alpha value is -5.67. The summed E-state index contributed by atoms with van der Waals surface area (Å²) in [6, 6.07) is 53.3. The maximum absolute atomic E-state index is 6.08. The molecule has 0 fully saturated rings. The zero-order valence-corrected chi connectivity index (χ0v) is 22.8. The molecule has 0 bridgehead atoms. The van der Waals surface area contributed by atoms with Crippen molar-refractivity contribution in [1.82, 2.24) is 4.98 Å². The lowest BCUT2D eigenvalue weighted by atomic mass is 9.98. The van der Waals surface area contributed by atoms with Crippen molar-refractivity contribution in [3.05, 3.63) is 158 Å². The molecule has 0 radical (unpaired) electrons. The van der Waals surface area contributed by atoms with Crippen molar-refractivity contribution >= 4 is 49.9 Å². The van der Waals surface area contributed by atoms with Crippen LogP contribution in [0, 0.1) is 0 Å². The Labute approximate surface area is 243 Å². The topological polar surface area (TPSA) is 29.3 Å². The minimum Gasteiger partial charge on any atom is -0.454 e. The molecular formula is C39H26N2O. The van der Waals surface area contributed by atoms with E-state index in [1.165, 1.54) is 33.0 Å². The summed E-state index contributed by atoms with van der Waals surface area (Å²) in [5.41, 5.74) is 10.5. The number of hydrogen-bond donors (Lipinski definition) is 0. The first-order valence-corrected chi connectivity index (χ1v) is 14.1. The van der Waals surface area contributed by atoms with E-state index in [0.29, 0.717) is 0 Å². The van der Waals surface area contributed by atoms with Gasteiger partial charge in [-0.25, -0.2) is 0 Å². The lowest BCUT2D eigenvalue weighted by Crippen LogP contribution is -2.09. The molecule has 0 aliphatic heterocycles. The highest BCUT2D eigenvalue weighted by atomic mass is 16.3. The lowest BCUT2D eigenvalue weighted by Gasteiger charge is -2.26. The summed E-state index contributed by atoms with van der Waals surface area (Å²) in [7, 11) is 0. The fourth-order valence-electron chi connectivity index (χ4n) is 5.87. The number of nitrogens with zero attached hydrogens (tertiary/aromatic N) is 2. The maximum atomic E-state index is 6.08. The fourth-order valence-corrected chi connectivity index (χ4v) is 5.87. The van der Waals surface area contributed by atoms with Gasteiger partial charge in [-0.3, -0.25) is 4.98 Å². The standard InChI is InChI=1S/C39H26N2O/c1-2-8-27(9-3-1)28-15-19-31(20-16-28)41(33-23-24-37-36(26-33)39-38(42-37)14-7-25-40-39)32-21-17-30(18-22-32)35-13-6-11-29-10-4-5-12-34(29)35/h1-26H. The van der Waals surface area contributed by atoms with Crippen LogP contribution in [0.25, 0.3) is 55.1 Å². The van der Waals surface area contributed by atoms with Crippen LogP contribution in [0.3, 0.4) is 0 Å². The Balaban J connectivity index is 1.25. The van der Waals surface area contributed by atoms with Gasteiger partial charge in [-0.15, -0.1) is 0 Å². The summed E-state index contributed by atoms with van der Waals surface area (Å²) >= 11 is 0. The van der Waals surface area contributed by atoms with Gasteiger partial charge in [0.15, 0.2) is 5.58 Å². The zero-order valence-electron chi connectivity index (χ0n) is 22.8. The van der Waals surface area contributed by atoms with E-state index in [9.17, 15) is 0 Å². The van der Waals surface area contributed by atoms with E-state index in [-0.39, 0.29) is 0 Å². The average Bonchev–Trinajstić information content (AvgIpc) is 3.44. The van der Waals surface area contributed by atoms with Crippen LogP contribution >= 0.6 is 0 Å². The van der Waals surface area contributed by atoms with E-state index in [0.717, 1.165) is 39.1 Å². The van der Waals surface area contributed by atoms with E-state index < -0.39 is 0 Å². The summed E-state index contributed by atoms with van der Waals surface area (Å²) in [5, 5.41) is 3.50. The van der Waals surface area contributed by atoms with Crippen LogP contribution in [0.5, 0.6) is 0 Å². The number of furan rings is 1. The SMILES string of the molecule is c1ccc(-c2ccc(N(c3ccc(-c4cccc5ccccc45)cc3)c3ccc4oc5cccnc5c4c3)cc2)cc1. The second kappa shape index (κ2) is 10.1. The highest BCUT2D eigenvalue weighted by Gasteiger charge is 2.16. The molecule has 0 atom stereocenters. The van der Waals surface area contributed by atoms with Crippen LogP contribution in [0.4, 0.5) is 17.1 Å². The summed E-state index contributed by atoms with van der Waals surface area (Å²) in [4.78, 5) is 6.91. The van der Waals surface area contributed by atoms with Gasteiger partial charge in [0.2, 0.25) is 0 Å². The van der Waals surface area contributed by atoms with Gasteiger partial charge < -0.3 is 9.32 Å². The number of hydrogen-bond acceptors (Lipinski definition) is 3. The first kappa shape index (κ1) is 24.2. The van der Waals surface area contributed by atoms with Crippen molar-refractivity contribution in [1.29, 1.82) is 0 Å². The molecule has 8 rings (SSSR count). The van der Waals surface area contributed by atoms with Crippen LogP contribution in [0.1, 0.15) is 0 Å². The summed E-state index contributed by atoms with van der Waals surface area (Å²) in [5.74, 6) is 0. The molecule has 0 aliphatic rings. The Kier molecular flexibility index (Phi) is 5.79. The van der Waals surface area contributed by atoms with Crippen molar-refractivity contribution in [3.8, 4) is 22.3 Å². The molecule has 3 heteroatoms. The number of aromatic nitrogens is 1. The minimum absolute atomic E-state index is 0.794. The van der Waals surface area contributed by atoms with Gasteiger partial charge in [0, 0.05) is 28.6 Å². The van der Waals surface area contributed by atoms with Crippen molar-refractivity contribution in [2.45, 2.75) is 0 Å². The lowest BCUT2D eigenvalue weighted by molar-refractivity contribution is 0.668. The van der Waals surface area contributed by atoms with E-state index >= 15 is 0 Å². The van der Waals surface area contributed by atoms with Crippen LogP contribution in [0.15, 0.2) is 162 Å². The summed E-state index contributed by atoms with van der Waals surface area (Å²) in [6.07, 6.45) is 1.82. The zero-order chi connectivity index (χ0) is 27.9. The highest BCUT2D eigenvalue weighted by Crippen LogP contribution is 2.40. The van der Waals surface area contributed by atoms with Gasteiger partial charge in [-0.05, 0) is 87.6 Å². The van der Waals surface area contributed by atoms with Crippen LogP contribution in [-0.4, -0.2) is 4.98 Å². The van der Waals surface area contributed by atoms with Gasteiger partial charge in [0.25, 0.3) is 0 Å². The van der Waals surface area contributed by atoms with E-state index in [4.69, 9.17) is 4.42 Å². The van der Waals surface area contributed by atoms with Gasteiger partial charge in [0.1, 0.15) is 11.1 Å². The molecular weight excluding hydrogens is 512 g/mol. The van der Waals surface area contributed by atoms with Crippen molar-refractivity contribution in [2.24, 2.45) is 0 Å². The third-order valence-electron chi connectivity index (χ3n) is 7.93. The molecule has 0 spiro atoms. The molecule has 6 aromatic carbocycles. The Morgan fingerprint density at radius 3 is 1.93 bits per heavy atom. The van der Waals surface area contributed by atoms with Crippen LogP contribution in [0.2, 0.25) is 0 Å². The van der Waals surface area contributed by atoms with Gasteiger partial charge in [0.05, 0.1) is 0 Å². The molecule has 8 aromatic rings. The van der Waals surface area contributed by atoms with Crippen molar-refractivity contribution < 1.29 is 4.42 Å². The van der Waals surface area contributed by atoms with Crippen molar-refractivity contribution in [3.63, 3.8) is 0 Å². The second-order valence-electron chi connectivity index (χ2n) is 10.5. The molecule has 198 valence electrons. The monoisotopic (exact) mass is 538 g/mol. The second-order valence-corrected chi connectivity index (χ2v) is 10.5. The smallest absolute Gasteiger partial charge is 0.153 e. The Morgan fingerprint density at radius 1 is 0.452 bits per heavy atom. The van der Waals surface area contributed by atoms with Crippen LogP contribution < -0.4 is 4.90 Å². The maximum Gasteiger partial charge on any atom is 0.153 e. The molecule has 0 saturated carbocycles. The molecule has 2 aromatic heterocycles. The van der Waals surface area contributed by atoms with Crippen LogP contribution in [-0.2, 0) is 0 Å². The highest BCUT2D eigenvalue weighted by molar-refractivity contribution is 6.04. The summed E-state index contributed by atoms with van der Waals surface area (Å²) < 4.78 is 6.08. The molecule has 3 nitrogen and oxygen atoms in total. The van der Waals surface area contributed by atoms with E-state index in [1.807, 2.05) is 30.5 Å². The molecule has 0 amide bonds. The number of benzene rings is 6. The molecule has 0 aliphatic carbocycles. The first-order chi connectivity index (χ1) is 20.8. The number of rotatable bonds is 5. The van der Waals surface area contributed by atoms with Crippen molar-refractivity contribution in [2.75, 3.05) is 4.90 Å². The predicted octanol–water partition coefficient (Wildman–Crippen LogP) is 10.9. The predicted molar refractivity (Wildman–Crippen MR) is 175 cm³/mol. The van der Waals surface area contributed by atoms with E-state index in [1.54, 1.807) is 0 Å². The number of fused-ring (bicyclic) bond motifs is 4. The normalized spacial score (nSPS) is 11.3. The number of anilines is 3. The van der Waals surface area contributed by atoms with Gasteiger partial charge >= 0.3 is 0 Å². The third kappa shape index (κ3) is 4.20. The van der Waals surface area contributed by atoms with Gasteiger partial charge in [-0.2, -0.15) is 0 Å². The Bertz CT molecular complexity index is 2170. The summed E-state index contributed by atoms with van der Waals surface area (Å²) in [6.45, 7) is 0. The molecule has 0 unspecified atom stereocenters. The van der Waals surface area contributed by atoms with Gasteiger partial charge in [-0.1, -0.05) is 97.1 Å². The third-order valence-corrected chi connectivity index (χ3v) is 7.93. The first-order valence-electron chi connectivity index (χ1n) is 14.1. The molecule has 2 heterocycles. The molecule has 0 saturated heterocycles. The molecule has 0 N–H and O–H groups in total. The van der Waals surface area contributed by atoms with E-state index in [2.05, 4.69) is 137 Å². The number of pyridine rings is 1. The molecule has 42 heavy (non-hydrogen) atoms. The average molecular weight is 539 g/mol. The quantitative estimate of drug-likeness (QED) is 0.218. The largest absolute Gasteiger partial charge is 0.454 e. The fraction of sp³-hybridized carbons (Fsp3) is 0.